The molecule has 1 heterocycles. The van der Waals surface area contributed by atoms with Gasteiger partial charge in [0, 0.05) is 26.8 Å². The van der Waals surface area contributed by atoms with Crippen molar-refractivity contribution in [3.8, 4) is 5.75 Å². The van der Waals surface area contributed by atoms with E-state index in [1.54, 1.807) is 37.0 Å². The smallest absolute Gasteiger partial charge is 0.355 e. The largest absolute Gasteiger partial charge is 0.494 e. The normalized spacial score (nSPS) is 10.3. The number of hydrogen-bond acceptors (Lipinski definition) is 4. The van der Waals surface area contributed by atoms with Crippen LogP contribution >= 0.6 is 0 Å². The van der Waals surface area contributed by atoms with Crippen molar-refractivity contribution in [1.29, 1.82) is 0 Å². The van der Waals surface area contributed by atoms with Gasteiger partial charge in [0.1, 0.15) is 11.4 Å². The maximum Gasteiger partial charge on any atom is 0.355 e. The van der Waals surface area contributed by atoms with Crippen molar-refractivity contribution in [2.24, 2.45) is 7.05 Å². The van der Waals surface area contributed by atoms with Gasteiger partial charge in [0.15, 0.2) is 6.61 Å². The third-order valence-electron chi connectivity index (χ3n) is 3.56. The third kappa shape index (κ3) is 4.62. The summed E-state index contributed by atoms with van der Waals surface area (Å²) in [6.07, 6.45) is 1.75. The fraction of sp³-hybridized carbons (Fsp3) is 0.333. The van der Waals surface area contributed by atoms with Gasteiger partial charge in [0.05, 0.1) is 6.61 Å². The molecule has 0 spiro atoms. The van der Waals surface area contributed by atoms with Crippen LogP contribution in [0.15, 0.2) is 42.6 Å². The van der Waals surface area contributed by atoms with Gasteiger partial charge in [-0.15, -0.1) is 0 Å². The number of nitrogens with zero attached hydrogens (tertiary/aromatic N) is 2. The van der Waals surface area contributed by atoms with Crippen LogP contribution in [0.2, 0.25) is 0 Å². The summed E-state index contributed by atoms with van der Waals surface area (Å²) in [7, 11) is 3.42. The van der Waals surface area contributed by atoms with Gasteiger partial charge in [0.2, 0.25) is 0 Å². The van der Waals surface area contributed by atoms with Gasteiger partial charge in [-0.3, -0.25) is 4.79 Å². The Kier molecular flexibility index (Phi) is 6.01. The predicted octanol–water partition coefficient (Wildman–Crippen LogP) is 2.24. The number of hydrogen-bond donors (Lipinski definition) is 0. The fourth-order valence-corrected chi connectivity index (χ4v) is 2.20. The number of likely N-dealkylation sites (N-methyl/N-ethyl adjacent to an activating group) is 1. The lowest BCUT2D eigenvalue weighted by molar-refractivity contribution is -0.133. The molecule has 1 amide bonds. The minimum Gasteiger partial charge on any atom is -0.494 e. The second-order valence-electron chi connectivity index (χ2n) is 5.41. The molecule has 24 heavy (non-hydrogen) atoms. The Morgan fingerprint density at radius 3 is 2.46 bits per heavy atom. The molecule has 6 heteroatoms. The first-order valence-electron chi connectivity index (χ1n) is 7.75. The SMILES string of the molecule is CCOc1ccc(CN(C)C(=O)COC(=O)c2cccn2C)cc1. The van der Waals surface area contributed by atoms with Crippen molar-refractivity contribution < 1.29 is 19.1 Å². The van der Waals surface area contributed by atoms with Gasteiger partial charge in [-0.05, 0) is 36.8 Å². The van der Waals surface area contributed by atoms with E-state index in [9.17, 15) is 9.59 Å². The predicted molar refractivity (Wildman–Crippen MR) is 89.8 cm³/mol. The van der Waals surface area contributed by atoms with Crippen molar-refractivity contribution in [2.45, 2.75) is 13.5 Å². The molecule has 0 radical (unpaired) electrons. The highest BCUT2D eigenvalue weighted by Gasteiger charge is 2.15. The van der Waals surface area contributed by atoms with Crippen molar-refractivity contribution in [1.82, 2.24) is 9.47 Å². The number of esters is 1. The average Bonchev–Trinajstić information content (AvgIpc) is 3.00. The second-order valence-corrected chi connectivity index (χ2v) is 5.41. The monoisotopic (exact) mass is 330 g/mol. The maximum atomic E-state index is 12.1. The van der Waals surface area contributed by atoms with E-state index in [-0.39, 0.29) is 12.5 Å². The Hall–Kier alpha value is -2.76. The van der Waals surface area contributed by atoms with Crippen LogP contribution in [0.25, 0.3) is 0 Å². The Labute approximate surface area is 141 Å². The first kappa shape index (κ1) is 17.6. The topological polar surface area (TPSA) is 60.8 Å². The minimum atomic E-state index is -0.509. The van der Waals surface area contributed by atoms with Crippen LogP contribution < -0.4 is 4.74 Å². The molecule has 0 fully saturated rings. The highest BCUT2D eigenvalue weighted by atomic mass is 16.5. The molecule has 0 aliphatic heterocycles. The molecule has 0 bridgehead atoms. The summed E-state index contributed by atoms with van der Waals surface area (Å²) in [6, 6.07) is 10.9. The van der Waals surface area contributed by atoms with Gasteiger partial charge in [-0.2, -0.15) is 0 Å². The number of carbonyl (C=O) groups excluding carboxylic acids is 2. The molecule has 1 aromatic heterocycles. The Morgan fingerprint density at radius 2 is 1.88 bits per heavy atom. The Balaban J connectivity index is 1.83. The van der Waals surface area contributed by atoms with E-state index >= 15 is 0 Å². The molecule has 2 aromatic rings. The molecule has 0 aliphatic rings. The lowest BCUT2D eigenvalue weighted by atomic mass is 10.2. The molecule has 0 saturated heterocycles. The van der Waals surface area contributed by atoms with E-state index < -0.39 is 5.97 Å². The molecule has 128 valence electrons. The maximum absolute atomic E-state index is 12.1. The molecular weight excluding hydrogens is 308 g/mol. The molecule has 2 rings (SSSR count). The summed E-state index contributed by atoms with van der Waals surface area (Å²) >= 11 is 0. The van der Waals surface area contributed by atoms with Gasteiger partial charge < -0.3 is 18.9 Å². The quantitative estimate of drug-likeness (QED) is 0.731. The van der Waals surface area contributed by atoms with Crippen molar-refractivity contribution in [2.75, 3.05) is 20.3 Å². The summed E-state index contributed by atoms with van der Waals surface area (Å²) in [5.41, 5.74) is 1.39. The summed E-state index contributed by atoms with van der Waals surface area (Å²) in [4.78, 5) is 25.5. The molecule has 6 nitrogen and oxygen atoms in total. The van der Waals surface area contributed by atoms with Gasteiger partial charge >= 0.3 is 5.97 Å². The molecule has 0 atom stereocenters. The van der Waals surface area contributed by atoms with Crippen LogP contribution in [0.4, 0.5) is 0 Å². The number of carbonyl (C=O) groups is 2. The zero-order chi connectivity index (χ0) is 17.5. The van der Waals surface area contributed by atoms with E-state index in [0.29, 0.717) is 18.8 Å². The zero-order valence-corrected chi connectivity index (χ0v) is 14.2. The van der Waals surface area contributed by atoms with Crippen molar-refractivity contribution >= 4 is 11.9 Å². The lowest BCUT2D eigenvalue weighted by Crippen LogP contribution is -2.31. The summed E-state index contributed by atoms with van der Waals surface area (Å²) < 4.78 is 12.1. The van der Waals surface area contributed by atoms with Crippen LogP contribution in [0.5, 0.6) is 5.75 Å². The van der Waals surface area contributed by atoms with Crippen LogP contribution in [0.3, 0.4) is 0 Å². The first-order valence-corrected chi connectivity index (χ1v) is 7.75. The number of ether oxygens (including phenoxy) is 2. The van der Waals surface area contributed by atoms with E-state index in [2.05, 4.69) is 0 Å². The van der Waals surface area contributed by atoms with Gasteiger partial charge in [0.25, 0.3) is 5.91 Å². The van der Waals surface area contributed by atoms with Crippen LogP contribution in [-0.4, -0.2) is 41.6 Å². The van der Waals surface area contributed by atoms with E-state index in [4.69, 9.17) is 9.47 Å². The van der Waals surface area contributed by atoms with Crippen LogP contribution in [0, 0.1) is 0 Å². The van der Waals surface area contributed by atoms with Crippen molar-refractivity contribution in [3.05, 3.63) is 53.9 Å². The molecule has 1 aromatic carbocycles. The number of aromatic nitrogens is 1. The molecular formula is C18H22N2O4. The second kappa shape index (κ2) is 8.19. The summed E-state index contributed by atoms with van der Waals surface area (Å²) in [6.45, 7) is 2.70. The average molecular weight is 330 g/mol. The van der Waals surface area contributed by atoms with Crippen molar-refractivity contribution in [3.63, 3.8) is 0 Å². The lowest BCUT2D eigenvalue weighted by Gasteiger charge is -2.17. The minimum absolute atomic E-state index is 0.258. The molecule has 0 saturated carbocycles. The Bertz CT molecular complexity index is 691. The summed E-state index contributed by atoms with van der Waals surface area (Å²) in [5, 5.41) is 0. The standard InChI is InChI=1S/C18H22N2O4/c1-4-23-15-9-7-14(8-10-15)12-20(3)17(21)13-24-18(22)16-6-5-11-19(16)2/h5-11H,4,12-13H2,1-3H3. The Morgan fingerprint density at radius 1 is 1.17 bits per heavy atom. The zero-order valence-electron chi connectivity index (χ0n) is 14.2. The highest BCUT2D eigenvalue weighted by Crippen LogP contribution is 2.13. The number of benzene rings is 1. The van der Waals surface area contributed by atoms with E-state index in [0.717, 1.165) is 11.3 Å². The van der Waals surface area contributed by atoms with E-state index in [1.165, 1.54) is 4.90 Å². The van der Waals surface area contributed by atoms with E-state index in [1.807, 2.05) is 31.2 Å². The first-order chi connectivity index (χ1) is 11.5. The molecule has 0 aliphatic carbocycles. The van der Waals surface area contributed by atoms with Crippen LogP contribution in [0.1, 0.15) is 23.0 Å². The summed E-state index contributed by atoms with van der Waals surface area (Å²) in [5.74, 6) is 0.0310. The number of rotatable bonds is 7. The van der Waals surface area contributed by atoms with Gasteiger partial charge in [-0.25, -0.2) is 4.79 Å². The molecule has 0 N–H and O–H groups in total. The third-order valence-corrected chi connectivity index (χ3v) is 3.56. The number of aryl methyl sites for hydroxylation is 1. The molecule has 0 unspecified atom stereocenters. The van der Waals surface area contributed by atoms with Crippen LogP contribution in [-0.2, 0) is 23.1 Å². The van der Waals surface area contributed by atoms with Gasteiger partial charge in [-0.1, -0.05) is 12.1 Å². The fourth-order valence-electron chi connectivity index (χ4n) is 2.20. The highest BCUT2D eigenvalue weighted by molar-refractivity contribution is 5.89. The number of amides is 1.